The average Bonchev–Trinajstić information content (AvgIpc) is 3.37. The first-order valence-electron chi connectivity index (χ1n) is 14.9. The second kappa shape index (κ2) is 14.6. The number of aromatic nitrogens is 1. The third kappa shape index (κ3) is 8.73. The van der Waals surface area contributed by atoms with Crippen molar-refractivity contribution in [1.29, 1.82) is 0 Å². The lowest BCUT2D eigenvalue weighted by molar-refractivity contribution is 0.0843. The van der Waals surface area contributed by atoms with Crippen molar-refractivity contribution in [2.75, 3.05) is 36.1 Å². The molecule has 2 amide bonds. The molecule has 11 nitrogen and oxygen atoms in total. The zero-order chi connectivity index (χ0) is 33.6. The van der Waals surface area contributed by atoms with Gasteiger partial charge in [-0.3, -0.25) is 13.9 Å². The van der Waals surface area contributed by atoms with Gasteiger partial charge in [-0.1, -0.05) is 60.7 Å². The van der Waals surface area contributed by atoms with Crippen molar-refractivity contribution in [2.45, 2.75) is 45.4 Å². The summed E-state index contributed by atoms with van der Waals surface area (Å²) >= 11 is 0. The fourth-order valence-electron chi connectivity index (χ4n) is 5.12. The molecule has 0 spiro atoms. The summed E-state index contributed by atoms with van der Waals surface area (Å²) in [5.74, 6) is 0.633. The van der Waals surface area contributed by atoms with E-state index in [9.17, 15) is 23.1 Å². The van der Waals surface area contributed by atoms with Crippen molar-refractivity contribution in [1.82, 2.24) is 15.6 Å². The SMILES string of the molecule is Cc1nc(N(C)C[C@@H](O)[C@H](Cc2ccccc2)NC(=O)c2cc(C(=O)N[C@H](C)c3ccccc3)cc(N(C)S(C)(=O)=O)c2)c(C)o1. The van der Waals surface area contributed by atoms with E-state index in [2.05, 4.69) is 15.6 Å². The Hall–Kier alpha value is -4.68. The zero-order valence-corrected chi connectivity index (χ0v) is 27.7. The van der Waals surface area contributed by atoms with E-state index in [1.54, 1.807) is 25.8 Å². The van der Waals surface area contributed by atoms with Gasteiger partial charge in [-0.15, -0.1) is 0 Å². The summed E-state index contributed by atoms with van der Waals surface area (Å²) in [4.78, 5) is 33.4. The number of anilines is 2. The van der Waals surface area contributed by atoms with Crippen LogP contribution < -0.4 is 19.8 Å². The number of carbonyl (C=O) groups is 2. The standard InChI is InChI=1S/C34H41N5O6S/c1-22(26-15-11-8-12-16-26)35-33(41)27-18-28(20-29(19-27)39(5)46(6,43)44)34(42)37-30(17-25-13-9-7-10-14-25)31(40)21-38(4)32-23(2)45-24(3)36-32/h7-16,18-20,22,30-31,40H,17,21H2,1-6H3,(H,35,41)(H,37,42)/t22-,30+,31-/m1/s1. The van der Waals surface area contributed by atoms with Gasteiger partial charge in [0.2, 0.25) is 10.0 Å². The number of rotatable bonds is 13. The van der Waals surface area contributed by atoms with E-state index in [0.717, 1.165) is 21.7 Å². The first-order chi connectivity index (χ1) is 21.7. The molecule has 3 N–H and O–H groups in total. The normalized spacial score (nSPS) is 13.4. The van der Waals surface area contributed by atoms with Gasteiger partial charge in [0.1, 0.15) is 5.76 Å². The van der Waals surface area contributed by atoms with Crippen LogP contribution in [0.15, 0.2) is 83.3 Å². The minimum atomic E-state index is -3.71. The number of amides is 2. The lowest BCUT2D eigenvalue weighted by Gasteiger charge is -2.28. The quantitative estimate of drug-likeness (QED) is 0.197. The molecule has 0 aliphatic rings. The van der Waals surface area contributed by atoms with Crippen molar-refractivity contribution in [2.24, 2.45) is 0 Å². The number of aryl methyl sites for hydroxylation is 2. The maximum Gasteiger partial charge on any atom is 0.251 e. The van der Waals surface area contributed by atoms with Crippen LogP contribution in [-0.4, -0.2) is 69.4 Å². The van der Waals surface area contributed by atoms with Gasteiger partial charge in [-0.2, -0.15) is 4.98 Å². The van der Waals surface area contributed by atoms with Gasteiger partial charge in [0.25, 0.3) is 11.8 Å². The highest BCUT2D eigenvalue weighted by Crippen LogP contribution is 2.23. The van der Waals surface area contributed by atoms with Gasteiger partial charge in [0.05, 0.1) is 30.1 Å². The zero-order valence-electron chi connectivity index (χ0n) is 26.9. The minimum Gasteiger partial charge on any atom is -0.444 e. The van der Waals surface area contributed by atoms with E-state index in [0.29, 0.717) is 23.9 Å². The third-order valence-corrected chi connectivity index (χ3v) is 8.94. The number of sulfonamides is 1. The summed E-state index contributed by atoms with van der Waals surface area (Å²) in [6.07, 6.45) is 0.308. The van der Waals surface area contributed by atoms with Crippen LogP contribution in [0.2, 0.25) is 0 Å². The van der Waals surface area contributed by atoms with Gasteiger partial charge in [-0.05, 0) is 49.6 Å². The lowest BCUT2D eigenvalue weighted by atomic mass is 9.99. The minimum absolute atomic E-state index is 0.0621. The van der Waals surface area contributed by atoms with Crippen LogP contribution in [-0.2, 0) is 16.4 Å². The van der Waals surface area contributed by atoms with Gasteiger partial charge in [0.15, 0.2) is 11.7 Å². The van der Waals surface area contributed by atoms with E-state index in [-0.39, 0.29) is 29.4 Å². The Balaban J connectivity index is 1.64. The van der Waals surface area contributed by atoms with E-state index < -0.39 is 34.0 Å². The molecule has 1 aromatic heterocycles. The predicted molar refractivity (Wildman–Crippen MR) is 179 cm³/mol. The summed E-state index contributed by atoms with van der Waals surface area (Å²) in [6.45, 7) is 5.50. The fourth-order valence-corrected chi connectivity index (χ4v) is 5.61. The number of carbonyl (C=O) groups excluding carboxylic acids is 2. The van der Waals surface area contributed by atoms with Crippen molar-refractivity contribution in [3.63, 3.8) is 0 Å². The molecule has 3 atom stereocenters. The molecule has 4 aromatic rings. The highest BCUT2D eigenvalue weighted by atomic mass is 32.2. The highest BCUT2D eigenvalue weighted by Gasteiger charge is 2.27. The largest absolute Gasteiger partial charge is 0.444 e. The van der Waals surface area contributed by atoms with Crippen LogP contribution in [0.3, 0.4) is 0 Å². The van der Waals surface area contributed by atoms with Crippen LogP contribution in [0.5, 0.6) is 0 Å². The van der Waals surface area contributed by atoms with E-state index >= 15 is 0 Å². The Kier molecular flexibility index (Phi) is 10.9. The lowest BCUT2D eigenvalue weighted by Crippen LogP contribution is -2.49. The Bertz CT molecular complexity index is 1760. The molecule has 0 aliphatic heterocycles. The van der Waals surface area contributed by atoms with Crippen LogP contribution in [0.1, 0.15) is 56.5 Å². The monoisotopic (exact) mass is 647 g/mol. The smallest absolute Gasteiger partial charge is 0.251 e. The number of hydrogen-bond acceptors (Lipinski definition) is 8. The topological polar surface area (TPSA) is 145 Å². The fraction of sp³-hybridized carbons (Fsp3) is 0.324. The summed E-state index contributed by atoms with van der Waals surface area (Å²) in [5, 5.41) is 17.3. The third-order valence-electron chi connectivity index (χ3n) is 7.73. The first kappa shape index (κ1) is 34.2. The number of hydrogen-bond donors (Lipinski definition) is 3. The molecule has 244 valence electrons. The molecule has 0 aliphatic carbocycles. The average molecular weight is 648 g/mol. The van der Waals surface area contributed by atoms with Gasteiger partial charge in [0, 0.05) is 38.7 Å². The molecule has 0 saturated heterocycles. The summed E-state index contributed by atoms with van der Waals surface area (Å²) < 4.78 is 31.4. The Labute approximate surface area is 270 Å². The Morgan fingerprint density at radius 2 is 1.48 bits per heavy atom. The van der Waals surface area contributed by atoms with E-state index in [1.807, 2.05) is 67.6 Å². The van der Waals surface area contributed by atoms with Crippen LogP contribution in [0.4, 0.5) is 11.5 Å². The number of nitrogens with one attached hydrogen (secondary N) is 2. The van der Waals surface area contributed by atoms with Crippen LogP contribution >= 0.6 is 0 Å². The van der Waals surface area contributed by atoms with Crippen molar-refractivity contribution in [3.05, 3.63) is 113 Å². The number of oxazole rings is 1. The van der Waals surface area contributed by atoms with Gasteiger partial charge < -0.3 is 25.1 Å². The van der Waals surface area contributed by atoms with Gasteiger partial charge >= 0.3 is 0 Å². The molecule has 4 rings (SSSR count). The molecule has 12 heteroatoms. The van der Waals surface area contributed by atoms with Crippen LogP contribution in [0.25, 0.3) is 0 Å². The molecule has 46 heavy (non-hydrogen) atoms. The second-order valence-corrected chi connectivity index (χ2v) is 13.4. The van der Waals surface area contributed by atoms with E-state index in [4.69, 9.17) is 4.42 Å². The molecule has 1 heterocycles. The Morgan fingerprint density at radius 3 is 2.02 bits per heavy atom. The molecule has 0 bridgehead atoms. The second-order valence-electron chi connectivity index (χ2n) is 11.4. The van der Waals surface area contributed by atoms with Gasteiger partial charge in [-0.25, -0.2) is 8.42 Å². The van der Waals surface area contributed by atoms with Crippen molar-refractivity contribution in [3.8, 4) is 0 Å². The summed E-state index contributed by atoms with van der Waals surface area (Å²) in [6, 6.07) is 22.0. The number of nitrogens with zero attached hydrogens (tertiary/aromatic N) is 3. The number of benzene rings is 3. The maximum atomic E-state index is 13.8. The molecule has 0 radical (unpaired) electrons. The van der Waals surface area contributed by atoms with E-state index in [1.165, 1.54) is 25.2 Å². The summed E-state index contributed by atoms with van der Waals surface area (Å²) in [7, 11) is -0.583. The molecular weight excluding hydrogens is 606 g/mol. The molecule has 0 saturated carbocycles. The van der Waals surface area contributed by atoms with Crippen molar-refractivity contribution >= 4 is 33.3 Å². The van der Waals surface area contributed by atoms with Crippen molar-refractivity contribution < 1.29 is 27.5 Å². The predicted octanol–water partition coefficient (Wildman–Crippen LogP) is 4.02. The first-order valence-corrected chi connectivity index (χ1v) is 16.7. The number of likely N-dealkylation sites (N-methyl/N-ethyl adjacent to an activating group) is 1. The summed E-state index contributed by atoms with van der Waals surface area (Å²) in [5.41, 5.74) is 2.09. The molecule has 3 aromatic carbocycles. The molecule has 0 fully saturated rings. The molecular formula is C34H41N5O6S. The number of aliphatic hydroxyl groups excluding tert-OH is 1. The molecule has 0 unspecified atom stereocenters. The highest BCUT2D eigenvalue weighted by molar-refractivity contribution is 7.92. The Morgan fingerprint density at radius 1 is 0.913 bits per heavy atom. The maximum absolute atomic E-state index is 13.8. The van der Waals surface area contributed by atoms with Crippen LogP contribution in [0, 0.1) is 13.8 Å². The number of aliphatic hydroxyl groups is 1.